The number of thiophene rings is 1. The van der Waals surface area contributed by atoms with Gasteiger partial charge in [0.15, 0.2) is 11.5 Å². The highest BCUT2D eigenvalue weighted by atomic mass is 32.1. The first-order chi connectivity index (χ1) is 13.1. The van der Waals surface area contributed by atoms with Crippen LogP contribution in [0.4, 0.5) is 0 Å². The first-order valence-corrected chi connectivity index (χ1v) is 9.98. The van der Waals surface area contributed by atoms with E-state index in [1.165, 1.54) is 12.1 Å². The molecule has 0 aliphatic carbocycles. The molecular weight excluding hydrogens is 362 g/mol. The zero-order valence-corrected chi connectivity index (χ0v) is 16.7. The number of hydrogen-bond acceptors (Lipinski definition) is 6. The van der Waals surface area contributed by atoms with E-state index in [9.17, 15) is 9.90 Å². The summed E-state index contributed by atoms with van der Waals surface area (Å²) in [4.78, 5) is 16.1. The average molecular weight is 388 g/mol. The maximum atomic E-state index is 13.0. The van der Waals surface area contributed by atoms with E-state index in [0.717, 1.165) is 23.7 Å². The van der Waals surface area contributed by atoms with Crippen molar-refractivity contribution in [3.05, 3.63) is 46.2 Å². The quantitative estimate of drug-likeness (QED) is 0.790. The Balaban J connectivity index is 1.95. The summed E-state index contributed by atoms with van der Waals surface area (Å²) in [7, 11) is 1.52. The number of methoxy groups -OCH3 is 1. The summed E-state index contributed by atoms with van der Waals surface area (Å²) in [6.45, 7) is 5.97. The number of nitrogens with zero attached hydrogens (tertiary/aromatic N) is 3. The number of aromatic hydroxyl groups is 1. The van der Waals surface area contributed by atoms with Gasteiger partial charge in [0.25, 0.3) is 5.91 Å². The molecule has 0 spiro atoms. The minimum atomic E-state index is -0.347. The average Bonchev–Trinajstić information content (AvgIpc) is 3.35. The fourth-order valence-corrected chi connectivity index (χ4v) is 3.98. The molecule has 1 aromatic carbocycles. The fourth-order valence-electron chi connectivity index (χ4n) is 3.26. The van der Waals surface area contributed by atoms with Gasteiger partial charge in [-0.05, 0) is 30.6 Å². The van der Waals surface area contributed by atoms with Gasteiger partial charge in [-0.2, -0.15) is 5.10 Å². The molecular formula is C20H25N3O3S. The Morgan fingerprint density at radius 1 is 1.33 bits per heavy atom. The Labute approximate surface area is 163 Å². The molecule has 2 heterocycles. The lowest BCUT2D eigenvalue weighted by Gasteiger charge is -2.26. The third kappa shape index (κ3) is 3.99. The highest BCUT2D eigenvalue weighted by molar-refractivity contribution is 7.12. The van der Waals surface area contributed by atoms with Crippen LogP contribution in [0.15, 0.2) is 40.8 Å². The Hall–Kier alpha value is -2.38. The van der Waals surface area contributed by atoms with Crippen molar-refractivity contribution >= 4 is 23.0 Å². The number of hydrazone groups is 1. The van der Waals surface area contributed by atoms with Crippen LogP contribution in [-0.4, -0.2) is 53.4 Å². The number of hydrogen-bond donors (Lipinski definition) is 1. The lowest BCUT2D eigenvalue weighted by Crippen LogP contribution is -2.38. The smallest absolute Gasteiger partial charge is 0.257 e. The number of ether oxygens (including phenoxy) is 1. The van der Waals surface area contributed by atoms with Crippen LogP contribution < -0.4 is 4.74 Å². The summed E-state index contributed by atoms with van der Waals surface area (Å²) < 4.78 is 5.24. The normalized spacial score (nSPS) is 16.7. The van der Waals surface area contributed by atoms with Gasteiger partial charge >= 0.3 is 0 Å². The van der Waals surface area contributed by atoms with E-state index in [2.05, 4.69) is 10.0 Å². The summed E-state index contributed by atoms with van der Waals surface area (Å²) in [6.07, 6.45) is 0.561. The molecule has 2 aromatic rings. The Morgan fingerprint density at radius 2 is 2.11 bits per heavy atom. The zero-order chi connectivity index (χ0) is 19.4. The maximum Gasteiger partial charge on any atom is 0.257 e. The molecule has 144 valence electrons. The van der Waals surface area contributed by atoms with Gasteiger partial charge in [0.05, 0.1) is 30.3 Å². The van der Waals surface area contributed by atoms with Gasteiger partial charge in [0.2, 0.25) is 0 Å². The van der Waals surface area contributed by atoms with E-state index < -0.39 is 0 Å². The molecule has 6 nitrogen and oxygen atoms in total. The molecule has 27 heavy (non-hydrogen) atoms. The Morgan fingerprint density at radius 3 is 2.74 bits per heavy atom. The Bertz CT molecular complexity index is 816. The maximum absolute atomic E-state index is 13.0. The summed E-state index contributed by atoms with van der Waals surface area (Å²) >= 11 is 1.60. The van der Waals surface area contributed by atoms with Gasteiger partial charge in [0.1, 0.15) is 0 Å². The first-order valence-electron chi connectivity index (χ1n) is 9.10. The summed E-state index contributed by atoms with van der Waals surface area (Å²) in [5.74, 6) is 0.388. The minimum absolute atomic E-state index is 0.0632. The van der Waals surface area contributed by atoms with E-state index in [4.69, 9.17) is 4.74 Å². The van der Waals surface area contributed by atoms with Crippen molar-refractivity contribution in [2.75, 3.05) is 26.7 Å². The largest absolute Gasteiger partial charge is 0.504 e. The third-order valence-corrected chi connectivity index (χ3v) is 5.75. The summed E-state index contributed by atoms with van der Waals surface area (Å²) in [6, 6.07) is 8.99. The monoisotopic (exact) mass is 387 g/mol. The van der Waals surface area contributed by atoms with Gasteiger partial charge < -0.3 is 9.84 Å². The van der Waals surface area contributed by atoms with Crippen LogP contribution in [0, 0.1) is 0 Å². The number of benzene rings is 1. The number of carbonyl (C=O) groups excluding carboxylic acids is 1. The number of amides is 1. The molecule has 0 saturated heterocycles. The van der Waals surface area contributed by atoms with Crippen molar-refractivity contribution < 1.29 is 14.6 Å². The van der Waals surface area contributed by atoms with E-state index in [0.29, 0.717) is 24.3 Å². The molecule has 1 amide bonds. The molecule has 0 saturated carbocycles. The lowest BCUT2D eigenvalue weighted by atomic mass is 9.99. The van der Waals surface area contributed by atoms with Gasteiger partial charge in [-0.15, -0.1) is 11.3 Å². The first kappa shape index (κ1) is 19.4. The second-order valence-corrected chi connectivity index (χ2v) is 7.29. The van der Waals surface area contributed by atoms with Gasteiger partial charge in [-0.1, -0.05) is 32.0 Å². The predicted molar refractivity (Wildman–Crippen MR) is 108 cm³/mol. The van der Waals surface area contributed by atoms with Gasteiger partial charge in [-0.3, -0.25) is 9.69 Å². The molecule has 3 rings (SSSR count). The molecule has 1 aromatic heterocycles. The zero-order valence-electron chi connectivity index (χ0n) is 15.9. The number of rotatable bonds is 7. The second kappa shape index (κ2) is 8.54. The lowest BCUT2D eigenvalue weighted by molar-refractivity contribution is -0.134. The predicted octanol–water partition coefficient (Wildman–Crippen LogP) is 3.48. The molecule has 1 unspecified atom stereocenters. The van der Waals surface area contributed by atoms with Crippen molar-refractivity contribution in [2.45, 2.75) is 26.3 Å². The van der Waals surface area contributed by atoms with Crippen LogP contribution in [-0.2, 0) is 4.79 Å². The summed E-state index contributed by atoms with van der Waals surface area (Å²) in [5, 5.41) is 18.8. The topological polar surface area (TPSA) is 65.4 Å². The highest BCUT2D eigenvalue weighted by Crippen LogP contribution is 2.41. The molecule has 1 aliphatic rings. The number of para-hydroxylation sites is 1. The molecule has 0 fully saturated rings. The van der Waals surface area contributed by atoms with Gasteiger partial charge in [-0.25, -0.2) is 5.01 Å². The van der Waals surface area contributed by atoms with Crippen molar-refractivity contribution in [3.63, 3.8) is 0 Å². The van der Waals surface area contributed by atoms with Crippen LogP contribution in [0.2, 0.25) is 0 Å². The molecule has 0 radical (unpaired) electrons. The third-order valence-electron chi connectivity index (χ3n) is 4.83. The van der Waals surface area contributed by atoms with Crippen molar-refractivity contribution in [2.24, 2.45) is 5.10 Å². The van der Waals surface area contributed by atoms with E-state index in [1.807, 2.05) is 43.5 Å². The molecule has 7 heteroatoms. The van der Waals surface area contributed by atoms with Crippen LogP contribution in [0.1, 0.15) is 36.8 Å². The highest BCUT2D eigenvalue weighted by Gasteiger charge is 2.35. The SMILES string of the molecule is CCN(CC)CC(=O)N1N=C(c2cccs2)CC1c1cccc(OC)c1O. The number of phenols is 1. The molecule has 1 N–H and O–H groups in total. The van der Waals surface area contributed by atoms with E-state index in [1.54, 1.807) is 17.4 Å². The van der Waals surface area contributed by atoms with Crippen LogP contribution in [0.5, 0.6) is 11.5 Å². The molecule has 1 aliphatic heterocycles. The Kier molecular flexibility index (Phi) is 6.13. The number of phenolic OH excluding ortho intramolecular Hbond substituents is 1. The van der Waals surface area contributed by atoms with Crippen LogP contribution in [0.25, 0.3) is 0 Å². The van der Waals surface area contributed by atoms with E-state index in [-0.39, 0.29) is 17.7 Å². The van der Waals surface area contributed by atoms with Crippen molar-refractivity contribution in [1.82, 2.24) is 9.91 Å². The minimum Gasteiger partial charge on any atom is -0.504 e. The number of carbonyl (C=O) groups is 1. The van der Waals surface area contributed by atoms with Crippen LogP contribution >= 0.6 is 11.3 Å². The molecule has 1 atom stereocenters. The van der Waals surface area contributed by atoms with Crippen molar-refractivity contribution in [3.8, 4) is 11.5 Å². The van der Waals surface area contributed by atoms with Gasteiger partial charge in [0, 0.05) is 12.0 Å². The second-order valence-electron chi connectivity index (χ2n) is 6.34. The van der Waals surface area contributed by atoms with Crippen LogP contribution in [0.3, 0.4) is 0 Å². The standard InChI is InChI=1S/C20H25N3O3S/c1-4-22(5-2)13-19(24)23-16(12-15(21-23)18-10-7-11-27-18)14-8-6-9-17(26-3)20(14)25/h6-11,16,25H,4-5,12-13H2,1-3H3. The van der Waals surface area contributed by atoms with E-state index >= 15 is 0 Å². The fraction of sp³-hybridized carbons (Fsp3) is 0.400. The molecule has 0 bridgehead atoms. The summed E-state index contributed by atoms with van der Waals surface area (Å²) in [5.41, 5.74) is 1.52. The van der Waals surface area contributed by atoms with Crippen molar-refractivity contribution in [1.29, 1.82) is 0 Å². The number of likely N-dealkylation sites (N-methyl/N-ethyl adjacent to an activating group) is 1.